The SMILES string of the molecule is [2H]C([2H])([2H])NC(=O)c1cnc(NC(=O)C2CC2)cc1Nc1cccc2c1N(C)Cc1cn(C([2H])([2H])[2H])nc1-2. The molecule has 0 bridgehead atoms. The average molecular weight is 438 g/mol. The molecule has 1 saturated carbocycles. The van der Waals surface area contributed by atoms with Crippen molar-refractivity contribution in [3.8, 4) is 11.3 Å². The summed E-state index contributed by atoms with van der Waals surface area (Å²) in [5, 5.41) is 12.2. The molecule has 2 amide bonds. The molecular weight excluding hydrogens is 406 g/mol. The number of hydrogen-bond acceptors (Lipinski definition) is 6. The number of anilines is 4. The highest BCUT2D eigenvalue weighted by Crippen LogP contribution is 2.43. The van der Waals surface area contributed by atoms with Crippen LogP contribution in [0.3, 0.4) is 0 Å². The van der Waals surface area contributed by atoms with Gasteiger partial charge >= 0.3 is 0 Å². The fourth-order valence-electron chi connectivity index (χ4n) is 3.93. The lowest BCUT2D eigenvalue weighted by molar-refractivity contribution is -0.117. The Bertz CT molecular complexity index is 1430. The second kappa shape index (κ2) is 7.67. The fourth-order valence-corrected chi connectivity index (χ4v) is 3.93. The number of nitrogens with one attached hydrogen (secondary N) is 3. The van der Waals surface area contributed by atoms with Crippen molar-refractivity contribution in [3.63, 3.8) is 0 Å². The number of aryl methyl sites for hydroxylation is 1. The van der Waals surface area contributed by atoms with Gasteiger partial charge in [-0.3, -0.25) is 14.3 Å². The molecular formula is C23H25N7O2. The lowest BCUT2D eigenvalue weighted by Gasteiger charge is -2.29. The number of aromatic nitrogens is 3. The molecule has 5 rings (SSSR count). The van der Waals surface area contributed by atoms with E-state index in [-0.39, 0.29) is 28.9 Å². The topological polar surface area (TPSA) is 104 Å². The molecule has 0 spiro atoms. The average Bonchev–Trinajstić information content (AvgIpc) is 3.56. The summed E-state index contributed by atoms with van der Waals surface area (Å²) in [6, 6.07) is 6.83. The summed E-state index contributed by atoms with van der Waals surface area (Å²) >= 11 is 0. The molecule has 0 saturated heterocycles. The third kappa shape index (κ3) is 3.55. The molecule has 9 heteroatoms. The summed E-state index contributed by atoms with van der Waals surface area (Å²) in [5.41, 5.74) is 3.44. The minimum absolute atomic E-state index is 0.0334. The maximum absolute atomic E-state index is 12.8. The van der Waals surface area contributed by atoms with E-state index in [2.05, 4.69) is 20.7 Å². The minimum Gasteiger partial charge on any atom is -0.368 e. The van der Waals surface area contributed by atoms with Crippen molar-refractivity contribution in [2.75, 3.05) is 29.6 Å². The molecule has 3 N–H and O–H groups in total. The van der Waals surface area contributed by atoms with Crippen LogP contribution in [0.25, 0.3) is 11.3 Å². The summed E-state index contributed by atoms with van der Waals surface area (Å²) in [6.45, 7) is -4.74. The fraction of sp³-hybridized carbons (Fsp3) is 0.304. The van der Waals surface area contributed by atoms with Crippen molar-refractivity contribution < 1.29 is 17.8 Å². The molecule has 9 nitrogen and oxygen atoms in total. The largest absolute Gasteiger partial charge is 0.368 e. The maximum Gasteiger partial charge on any atom is 0.254 e. The number of nitrogens with zero attached hydrogens (tertiary/aromatic N) is 4. The number of fused-ring (bicyclic) bond motifs is 3. The summed E-state index contributed by atoms with van der Waals surface area (Å²) in [6.07, 6.45) is 4.33. The Balaban J connectivity index is 1.55. The monoisotopic (exact) mass is 437 g/mol. The molecule has 3 heterocycles. The smallest absolute Gasteiger partial charge is 0.254 e. The minimum atomic E-state index is -2.71. The van der Waals surface area contributed by atoms with E-state index >= 15 is 0 Å². The van der Waals surface area contributed by atoms with Crippen LogP contribution in [0.2, 0.25) is 0 Å². The van der Waals surface area contributed by atoms with E-state index in [9.17, 15) is 9.59 Å². The predicted octanol–water partition coefficient (Wildman–Crippen LogP) is 2.88. The van der Waals surface area contributed by atoms with Gasteiger partial charge in [-0.25, -0.2) is 4.98 Å². The van der Waals surface area contributed by atoms with Crippen molar-refractivity contribution in [2.24, 2.45) is 12.9 Å². The Hall–Kier alpha value is -3.88. The zero-order valence-corrected chi connectivity index (χ0v) is 17.3. The van der Waals surface area contributed by atoms with Gasteiger partial charge < -0.3 is 20.9 Å². The molecule has 32 heavy (non-hydrogen) atoms. The van der Waals surface area contributed by atoms with Gasteiger partial charge in [0.25, 0.3) is 5.91 Å². The third-order valence-corrected chi connectivity index (χ3v) is 5.60. The van der Waals surface area contributed by atoms with Crippen LogP contribution in [0.4, 0.5) is 22.9 Å². The molecule has 2 aromatic heterocycles. The number of amides is 2. The highest BCUT2D eigenvalue weighted by molar-refractivity contribution is 6.02. The van der Waals surface area contributed by atoms with Gasteiger partial charge in [0.15, 0.2) is 0 Å². The summed E-state index contributed by atoms with van der Waals surface area (Å²) in [5.74, 6) is -0.883. The summed E-state index contributed by atoms with van der Waals surface area (Å²) in [7, 11) is 1.84. The lowest BCUT2D eigenvalue weighted by Crippen LogP contribution is -2.23. The number of pyridine rings is 1. The van der Waals surface area contributed by atoms with E-state index in [0.717, 1.165) is 23.1 Å². The maximum atomic E-state index is 12.8. The van der Waals surface area contributed by atoms with Crippen molar-refractivity contribution in [1.82, 2.24) is 20.1 Å². The van der Waals surface area contributed by atoms with E-state index in [0.29, 0.717) is 29.2 Å². The van der Waals surface area contributed by atoms with Crippen LogP contribution in [0.15, 0.2) is 36.7 Å². The van der Waals surface area contributed by atoms with Crippen LogP contribution >= 0.6 is 0 Å². The molecule has 3 aromatic rings. The molecule has 1 aliphatic carbocycles. The Morgan fingerprint density at radius 2 is 2.12 bits per heavy atom. The Labute approximate surface area is 194 Å². The van der Waals surface area contributed by atoms with Gasteiger partial charge in [-0.2, -0.15) is 5.10 Å². The molecule has 2 aliphatic rings. The van der Waals surface area contributed by atoms with E-state index in [1.165, 1.54) is 18.5 Å². The Morgan fingerprint density at radius 1 is 1.25 bits per heavy atom. The van der Waals surface area contributed by atoms with Gasteiger partial charge in [0, 0.05) is 71.3 Å². The van der Waals surface area contributed by atoms with E-state index in [4.69, 9.17) is 8.22 Å². The zero-order valence-electron chi connectivity index (χ0n) is 23.3. The second-order valence-corrected chi connectivity index (χ2v) is 7.96. The van der Waals surface area contributed by atoms with Crippen molar-refractivity contribution in [2.45, 2.75) is 19.4 Å². The van der Waals surface area contributed by atoms with Crippen LogP contribution in [0.5, 0.6) is 0 Å². The van der Waals surface area contributed by atoms with Gasteiger partial charge in [0.1, 0.15) is 5.82 Å². The second-order valence-electron chi connectivity index (χ2n) is 7.96. The molecule has 1 aromatic carbocycles. The number of rotatable bonds is 5. The Morgan fingerprint density at radius 3 is 2.91 bits per heavy atom. The van der Waals surface area contributed by atoms with Crippen LogP contribution < -0.4 is 20.9 Å². The first kappa shape index (κ1) is 14.2. The van der Waals surface area contributed by atoms with Crippen LogP contribution in [0.1, 0.15) is 37.0 Å². The first-order chi connectivity index (χ1) is 17.8. The molecule has 1 fully saturated rings. The summed E-state index contributed by atoms with van der Waals surface area (Å²) < 4.78 is 46.3. The van der Waals surface area contributed by atoms with Gasteiger partial charge in [-0.15, -0.1) is 0 Å². The van der Waals surface area contributed by atoms with Gasteiger partial charge in [-0.1, -0.05) is 12.1 Å². The number of hydrogen-bond donors (Lipinski definition) is 3. The van der Waals surface area contributed by atoms with E-state index < -0.39 is 19.9 Å². The molecule has 164 valence electrons. The van der Waals surface area contributed by atoms with Crippen LogP contribution in [-0.4, -0.2) is 40.6 Å². The van der Waals surface area contributed by atoms with Crippen LogP contribution in [-0.2, 0) is 18.3 Å². The van der Waals surface area contributed by atoms with Gasteiger partial charge in [0.2, 0.25) is 5.91 Å². The van der Waals surface area contributed by atoms with E-state index in [1.807, 2.05) is 23.3 Å². The Kier molecular flexibility index (Phi) is 3.41. The summed E-state index contributed by atoms with van der Waals surface area (Å²) in [4.78, 5) is 31.2. The molecule has 0 unspecified atom stereocenters. The standard InChI is InChI=1S/C23H25N7O2/c1-24-23(32)16-10-25-19(27-22(31)13-7-8-13)9-18(16)26-17-6-4-5-15-20-14(12-30(3)28-20)11-29(2)21(15)17/h4-6,9-10,12-13H,7-8,11H2,1-3H3,(H,24,32)(H2,25,26,27,31)/i1D3,3D3. The molecule has 0 radical (unpaired) electrons. The first-order valence-corrected chi connectivity index (χ1v) is 10.1. The number of carbonyl (C=O) groups excluding carboxylic acids is 2. The quantitative estimate of drug-likeness (QED) is 0.567. The number of carbonyl (C=O) groups is 2. The number of benzene rings is 1. The predicted molar refractivity (Wildman–Crippen MR) is 123 cm³/mol. The van der Waals surface area contributed by atoms with Crippen molar-refractivity contribution in [1.29, 1.82) is 0 Å². The first-order valence-electron chi connectivity index (χ1n) is 13.1. The third-order valence-electron chi connectivity index (χ3n) is 5.60. The van der Waals surface area contributed by atoms with E-state index in [1.54, 1.807) is 12.1 Å². The van der Waals surface area contributed by atoms with Crippen molar-refractivity contribution >= 4 is 34.7 Å². The molecule has 0 atom stereocenters. The number of para-hydroxylation sites is 1. The highest BCUT2D eigenvalue weighted by atomic mass is 16.2. The highest BCUT2D eigenvalue weighted by Gasteiger charge is 2.30. The van der Waals surface area contributed by atoms with Crippen molar-refractivity contribution in [3.05, 3.63) is 47.8 Å². The van der Waals surface area contributed by atoms with Crippen LogP contribution in [0, 0.1) is 5.92 Å². The van der Waals surface area contributed by atoms with Gasteiger partial charge in [0.05, 0.1) is 28.3 Å². The lowest BCUT2D eigenvalue weighted by atomic mass is 9.99. The molecule has 1 aliphatic heterocycles. The van der Waals surface area contributed by atoms with Gasteiger partial charge in [-0.05, 0) is 18.9 Å². The zero-order chi connectivity index (χ0) is 27.4. The normalized spacial score (nSPS) is 18.0.